The number of nitrogens with one attached hydrogen (secondary N) is 2. The van der Waals surface area contributed by atoms with Crippen LogP contribution in [-0.2, 0) is 11.3 Å². The van der Waals surface area contributed by atoms with Gasteiger partial charge in [0.1, 0.15) is 0 Å². The number of hydrogen-bond donors (Lipinski definition) is 2. The molecule has 0 aliphatic heterocycles. The number of halogens is 1. The first-order valence-corrected chi connectivity index (χ1v) is 6.24. The van der Waals surface area contributed by atoms with Crippen molar-refractivity contribution in [3.05, 3.63) is 34.3 Å². The lowest BCUT2D eigenvalue weighted by Gasteiger charge is -2.06. The molecule has 0 atom stereocenters. The quantitative estimate of drug-likeness (QED) is 0.786. The predicted molar refractivity (Wildman–Crippen MR) is 69.1 cm³/mol. The first kappa shape index (κ1) is 13.2. The summed E-state index contributed by atoms with van der Waals surface area (Å²) in [5.74, 6) is 0.0992. The Morgan fingerprint density at radius 1 is 1.38 bits per heavy atom. The zero-order valence-electron chi connectivity index (χ0n) is 9.42. The summed E-state index contributed by atoms with van der Waals surface area (Å²) in [6.45, 7) is 4.10. The lowest BCUT2D eigenvalue weighted by Crippen LogP contribution is -2.27. The van der Waals surface area contributed by atoms with Crippen LogP contribution in [0.25, 0.3) is 0 Å². The Morgan fingerprint density at radius 2 is 2.12 bits per heavy atom. The molecule has 1 rings (SSSR count). The molecule has 0 unspecified atom stereocenters. The van der Waals surface area contributed by atoms with Crippen LogP contribution in [0.1, 0.15) is 18.9 Å². The maximum atomic E-state index is 11.2. The van der Waals surface area contributed by atoms with Gasteiger partial charge in [-0.15, -0.1) is 0 Å². The minimum absolute atomic E-state index is 0.0992. The highest BCUT2D eigenvalue weighted by Gasteiger charge is 2.00. The van der Waals surface area contributed by atoms with Gasteiger partial charge in [0.15, 0.2) is 0 Å². The second-order valence-corrected chi connectivity index (χ2v) is 4.33. The SMILES string of the molecule is CCNC(=O)CCNCc1ccccc1Br. The molecule has 0 heterocycles. The smallest absolute Gasteiger partial charge is 0.221 e. The third kappa shape index (κ3) is 4.77. The molecule has 4 heteroatoms. The summed E-state index contributed by atoms with van der Waals surface area (Å²) in [5, 5.41) is 6.01. The van der Waals surface area contributed by atoms with Crippen LogP contribution >= 0.6 is 15.9 Å². The summed E-state index contributed by atoms with van der Waals surface area (Å²) in [6, 6.07) is 8.07. The van der Waals surface area contributed by atoms with Crippen LogP contribution in [0.4, 0.5) is 0 Å². The Labute approximate surface area is 105 Å². The van der Waals surface area contributed by atoms with E-state index in [2.05, 4.69) is 32.6 Å². The lowest BCUT2D eigenvalue weighted by atomic mass is 10.2. The van der Waals surface area contributed by atoms with Crippen LogP contribution in [0, 0.1) is 0 Å². The van der Waals surface area contributed by atoms with E-state index in [4.69, 9.17) is 0 Å². The zero-order chi connectivity index (χ0) is 11.8. The summed E-state index contributed by atoms with van der Waals surface area (Å²) in [6.07, 6.45) is 0.526. The fourth-order valence-electron chi connectivity index (χ4n) is 1.35. The highest BCUT2D eigenvalue weighted by atomic mass is 79.9. The average Bonchev–Trinajstić information content (AvgIpc) is 2.27. The summed E-state index contributed by atoms with van der Waals surface area (Å²) < 4.78 is 1.10. The molecule has 0 saturated carbocycles. The Balaban J connectivity index is 2.21. The van der Waals surface area contributed by atoms with Crippen molar-refractivity contribution in [3.63, 3.8) is 0 Å². The van der Waals surface area contributed by atoms with Gasteiger partial charge < -0.3 is 10.6 Å². The molecule has 0 spiro atoms. The molecule has 0 fully saturated rings. The van der Waals surface area contributed by atoms with Crippen molar-refractivity contribution in [1.29, 1.82) is 0 Å². The zero-order valence-corrected chi connectivity index (χ0v) is 11.0. The van der Waals surface area contributed by atoms with E-state index in [1.165, 1.54) is 5.56 Å². The number of rotatable bonds is 6. The predicted octanol–water partition coefficient (Wildman–Crippen LogP) is 2.06. The van der Waals surface area contributed by atoms with Gasteiger partial charge in [-0.25, -0.2) is 0 Å². The monoisotopic (exact) mass is 284 g/mol. The van der Waals surface area contributed by atoms with Crippen molar-refractivity contribution >= 4 is 21.8 Å². The Hall–Kier alpha value is -0.870. The molecule has 0 bridgehead atoms. The van der Waals surface area contributed by atoms with Gasteiger partial charge in [0.2, 0.25) is 5.91 Å². The van der Waals surface area contributed by atoms with Gasteiger partial charge in [-0.1, -0.05) is 34.1 Å². The highest BCUT2D eigenvalue weighted by Crippen LogP contribution is 2.15. The normalized spacial score (nSPS) is 10.1. The van der Waals surface area contributed by atoms with Gasteiger partial charge in [-0.05, 0) is 18.6 Å². The van der Waals surface area contributed by atoms with Crippen LogP contribution in [0.2, 0.25) is 0 Å². The average molecular weight is 285 g/mol. The van der Waals surface area contributed by atoms with Crippen LogP contribution in [0.3, 0.4) is 0 Å². The van der Waals surface area contributed by atoms with E-state index < -0.39 is 0 Å². The van der Waals surface area contributed by atoms with E-state index >= 15 is 0 Å². The van der Waals surface area contributed by atoms with E-state index in [-0.39, 0.29) is 5.91 Å². The van der Waals surface area contributed by atoms with Crippen molar-refractivity contribution in [2.75, 3.05) is 13.1 Å². The molecule has 16 heavy (non-hydrogen) atoms. The summed E-state index contributed by atoms with van der Waals surface area (Å²) in [7, 11) is 0. The fourth-order valence-corrected chi connectivity index (χ4v) is 1.78. The Kier molecular flexibility index (Phi) is 6.11. The first-order valence-electron chi connectivity index (χ1n) is 5.45. The molecule has 1 aromatic rings. The van der Waals surface area contributed by atoms with Crippen molar-refractivity contribution < 1.29 is 4.79 Å². The number of benzene rings is 1. The molecule has 0 radical (unpaired) electrons. The summed E-state index contributed by atoms with van der Waals surface area (Å²) in [4.78, 5) is 11.2. The number of hydrogen-bond acceptors (Lipinski definition) is 2. The maximum Gasteiger partial charge on any atom is 0.221 e. The number of carbonyl (C=O) groups is 1. The van der Waals surface area contributed by atoms with Crippen LogP contribution < -0.4 is 10.6 Å². The summed E-state index contributed by atoms with van der Waals surface area (Å²) >= 11 is 3.48. The standard InChI is InChI=1S/C12H17BrN2O/c1-2-15-12(16)7-8-14-9-10-5-3-4-6-11(10)13/h3-6,14H,2,7-9H2,1H3,(H,15,16). The minimum atomic E-state index is 0.0992. The molecule has 2 N–H and O–H groups in total. The lowest BCUT2D eigenvalue weighted by molar-refractivity contribution is -0.120. The molecule has 0 aromatic heterocycles. The molecule has 1 amide bonds. The van der Waals surface area contributed by atoms with Gasteiger partial charge >= 0.3 is 0 Å². The van der Waals surface area contributed by atoms with Gasteiger partial charge in [0.05, 0.1) is 0 Å². The molecule has 0 saturated heterocycles. The van der Waals surface area contributed by atoms with E-state index in [9.17, 15) is 4.79 Å². The Morgan fingerprint density at radius 3 is 2.81 bits per heavy atom. The van der Waals surface area contributed by atoms with Crippen LogP contribution in [-0.4, -0.2) is 19.0 Å². The number of amides is 1. The second-order valence-electron chi connectivity index (χ2n) is 3.47. The first-order chi connectivity index (χ1) is 7.74. The van der Waals surface area contributed by atoms with Crippen molar-refractivity contribution in [2.45, 2.75) is 19.9 Å². The van der Waals surface area contributed by atoms with E-state index in [0.29, 0.717) is 19.5 Å². The number of carbonyl (C=O) groups excluding carboxylic acids is 1. The summed E-state index contributed by atoms with van der Waals surface area (Å²) in [5.41, 5.74) is 1.21. The molecular weight excluding hydrogens is 268 g/mol. The molecule has 88 valence electrons. The van der Waals surface area contributed by atoms with Crippen LogP contribution in [0.5, 0.6) is 0 Å². The topological polar surface area (TPSA) is 41.1 Å². The maximum absolute atomic E-state index is 11.2. The van der Waals surface area contributed by atoms with E-state index in [1.54, 1.807) is 0 Å². The molecule has 0 aliphatic carbocycles. The minimum Gasteiger partial charge on any atom is -0.356 e. The molecule has 3 nitrogen and oxygen atoms in total. The van der Waals surface area contributed by atoms with Crippen molar-refractivity contribution in [2.24, 2.45) is 0 Å². The Bertz CT molecular complexity index is 342. The third-order valence-electron chi connectivity index (χ3n) is 2.18. The van der Waals surface area contributed by atoms with Crippen LogP contribution in [0.15, 0.2) is 28.7 Å². The molecule has 0 aliphatic rings. The largest absolute Gasteiger partial charge is 0.356 e. The highest BCUT2D eigenvalue weighted by molar-refractivity contribution is 9.10. The molecular formula is C12H17BrN2O. The van der Waals surface area contributed by atoms with Gasteiger partial charge in [-0.2, -0.15) is 0 Å². The van der Waals surface area contributed by atoms with E-state index in [1.807, 2.05) is 25.1 Å². The van der Waals surface area contributed by atoms with Gasteiger partial charge in [0.25, 0.3) is 0 Å². The van der Waals surface area contributed by atoms with Gasteiger partial charge in [0, 0.05) is 30.5 Å². The fraction of sp³-hybridized carbons (Fsp3) is 0.417. The van der Waals surface area contributed by atoms with Crippen molar-refractivity contribution in [1.82, 2.24) is 10.6 Å². The molecule has 1 aromatic carbocycles. The second kappa shape index (κ2) is 7.41. The van der Waals surface area contributed by atoms with Gasteiger partial charge in [-0.3, -0.25) is 4.79 Å². The van der Waals surface area contributed by atoms with E-state index in [0.717, 1.165) is 11.0 Å². The van der Waals surface area contributed by atoms with Crippen molar-refractivity contribution in [3.8, 4) is 0 Å². The third-order valence-corrected chi connectivity index (χ3v) is 2.95.